The number of nitrogens with one attached hydrogen (secondary N) is 1. The van der Waals surface area contributed by atoms with Crippen LogP contribution in [0.4, 0.5) is 10.1 Å². The van der Waals surface area contributed by atoms with Crippen molar-refractivity contribution in [3.63, 3.8) is 0 Å². The molecule has 0 radical (unpaired) electrons. The largest absolute Gasteiger partial charge is 0.497 e. The summed E-state index contributed by atoms with van der Waals surface area (Å²) in [6.07, 6.45) is 0. The Hall–Kier alpha value is -2.21. The van der Waals surface area contributed by atoms with E-state index in [2.05, 4.69) is 5.32 Å². The van der Waals surface area contributed by atoms with Crippen LogP contribution in [0.3, 0.4) is 0 Å². The van der Waals surface area contributed by atoms with Gasteiger partial charge in [-0.05, 0) is 48.5 Å². The third-order valence-corrected chi connectivity index (χ3v) is 4.03. The second kappa shape index (κ2) is 6.99. The van der Waals surface area contributed by atoms with Crippen molar-refractivity contribution >= 4 is 22.4 Å². The number of ether oxygens (including phenoxy) is 1. The van der Waals surface area contributed by atoms with E-state index in [1.165, 1.54) is 24.3 Å². The third kappa shape index (κ3) is 4.39. The van der Waals surface area contributed by atoms with Crippen molar-refractivity contribution in [1.29, 1.82) is 0 Å². The molecular formula is C15H14FNO3S. The number of rotatable bonds is 5. The van der Waals surface area contributed by atoms with Crippen molar-refractivity contribution in [3.8, 4) is 5.75 Å². The molecule has 1 amide bonds. The molecule has 0 bridgehead atoms. The maximum Gasteiger partial charge on any atom is 0.237 e. The van der Waals surface area contributed by atoms with E-state index in [1.54, 1.807) is 31.4 Å². The van der Waals surface area contributed by atoms with E-state index in [9.17, 15) is 13.4 Å². The lowest BCUT2D eigenvalue weighted by atomic mass is 10.3. The summed E-state index contributed by atoms with van der Waals surface area (Å²) in [5.41, 5.74) is 0.594. The fraction of sp³-hybridized carbons (Fsp3) is 0.133. The molecule has 0 heterocycles. The average molecular weight is 307 g/mol. The molecule has 110 valence electrons. The van der Waals surface area contributed by atoms with Crippen molar-refractivity contribution < 1.29 is 18.1 Å². The number of carbonyl (C=O) groups is 1. The van der Waals surface area contributed by atoms with Crippen LogP contribution in [0.1, 0.15) is 0 Å². The van der Waals surface area contributed by atoms with Crippen LogP contribution in [0.2, 0.25) is 0 Å². The molecule has 0 aliphatic rings. The molecule has 0 unspecified atom stereocenters. The summed E-state index contributed by atoms with van der Waals surface area (Å²) in [6.45, 7) is 0. The maximum absolute atomic E-state index is 12.8. The molecule has 2 aromatic carbocycles. The molecule has 0 saturated carbocycles. The smallest absolute Gasteiger partial charge is 0.237 e. The van der Waals surface area contributed by atoms with Gasteiger partial charge in [0.25, 0.3) is 0 Å². The van der Waals surface area contributed by atoms with Crippen LogP contribution in [0.5, 0.6) is 5.75 Å². The zero-order chi connectivity index (χ0) is 15.2. The van der Waals surface area contributed by atoms with E-state index < -0.39 is 16.6 Å². The Labute approximate surface area is 124 Å². The predicted molar refractivity (Wildman–Crippen MR) is 79.3 cm³/mol. The van der Waals surface area contributed by atoms with E-state index in [4.69, 9.17) is 4.74 Å². The summed E-state index contributed by atoms with van der Waals surface area (Å²) in [7, 11) is 0.0502. The average Bonchev–Trinajstić information content (AvgIpc) is 2.48. The highest BCUT2D eigenvalue weighted by Crippen LogP contribution is 2.15. The highest BCUT2D eigenvalue weighted by atomic mass is 32.2. The number of halogens is 1. The van der Waals surface area contributed by atoms with E-state index >= 15 is 0 Å². The normalized spacial score (nSPS) is 11.7. The Morgan fingerprint density at radius 1 is 1.14 bits per heavy atom. The van der Waals surface area contributed by atoms with Gasteiger partial charge in [0.2, 0.25) is 5.91 Å². The second-order valence-corrected chi connectivity index (χ2v) is 5.67. The summed E-state index contributed by atoms with van der Waals surface area (Å²) in [4.78, 5) is 12.2. The van der Waals surface area contributed by atoms with E-state index in [0.29, 0.717) is 16.3 Å². The third-order valence-electron chi connectivity index (χ3n) is 2.71. The molecule has 0 aliphatic heterocycles. The molecule has 0 fully saturated rings. The van der Waals surface area contributed by atoms with Crippen molar-refractivity contribution in [1.82, 2.24) is 0 Å². The first-order valence-electron chi connectivity index (χ1n) is 6.16. The zero-order valence-corrected chi connectivity index (χ0v) is 12.2. The minimum absolute atomic E-state index is 0.183. The predicted octanol–water partition coefficient (Wildman–Crippen LogP) is 2.58. The lowest BCUT2D eigenvalue weighted by Gasteiger charge is -2.06. The van der Waals surface area contributed by atoms with Crippen LogP contribution in [-0.2, 0) is 15.6 Å². The molecule has 4 nitrogen and oxygen atoms in total. The number of carbonyl (C=O) groups excluding carboxylic acids is 1. The van der Waals surface area contributed by atoms with Gasteiger partial charge in [0.15, 0.2) is 0 Å². The van der Waals surface area contributed by atoms with Gasteiger partial charge in [-0.1, -0.05) is 0 Å². The molecule has 1 atom stereocenters. The molecule has 0 aliphatic carbocycles. The van der Waals surface area contributed by atoms with Gasteiger partial charge in [-0.15, -0.1) is 0 Å². The summed E-state index contributed by atoms with van der Waals surface area (Å²) in [6, 6.07) is 12.1. The number of anilines is 1. The van der Waals surface area contributed by atoms with Gasteiger partial charge in [0, 0.05) is 10.6 Å². The zero-order valence-electron chi connectivity index (χ0n) is 11.3. The lowest BCUT2D eigenvalue weighted by Crippen LogP contribution is -2.19. The highest BCUT2D eigenvalue weighted by molar-refractivity contribution is 7.85. The molecule has 0 spiro atoms. The minimum Gasteiger partial charge on any atom is -0.497 e. The molecule has 6 heteroatoms. The summed E-state index contributed by atoms with van der Waals surface area (Å²) >= 11 is 0. The van der Waals surface area contributed by atoms with Crippen LogP contribution < -0.4 is 10.1 Å². The van der Waals surface area contributed by atoms with Crippen LogP contribution in [-0.4, -0.2) is 23.0 Å². The first-order chi connectivity index (χ1) is 10.1. The van der Waals surface area contributed by atoms with E-state index in [1.807, 2.05) is 0 Å². The Kier molecular flexibility index (Phi) is 5.05. The van der Waals surface area contributed by atoms with Crippen molar-refractivity contribution in [2.24, 2.45) is 0 Å². The van der Waals surface area contributed by atoms with E-state index in [-0.39, 0.29) is 11.7 Å². The molecule has 0 saturated heterocycles. The SMILES string of the molecule is COc1ccc(NC(=O)C[S@@](=O)c2ccc(F)cc2)cc1. The van der Waals surface area contributed by atoms with Gasteiger partial charge >= 0.3 is 0 Å². The maximum atomic E-state index is 12.8. The Balaban J connectivity index is 1.94. The monoisotopic (exact) mass is 307 g/mol. The fourth-order valence-corrected chi connectivity index (χ4v) is 2.58. The number of hydrogen-bond acceptors (Lipinski definition) is 3. The van der Waals surface area contributed by atoms with Gasteiger partial charge in [0.1, 0.15) is 17.3 Å². The van der Waals surface area contributed by atoms with Crippen LogP contribution in [0.25, 0.3) is 0 Å². The first-order valence-corrected chi connectivity index (χ1v) is 7.48. The Morgan fingerprint density at radius 3 is 2.33 bits per heavy atom. The molecule has 2 rings (SSSR count). The van der Waals surface area contributed by atoms with Gasteiger partial charge in [-0.2, -0.15) is 0 Å². The standard InChI is InChI=1S/C15H14FNO3S/c1-20-13-6-4-12(5-7-13)17-15(18)10-21(19)14-8-2-11(16)3-9-14/h2-9H,10H2,1H3,(H,17,18)/t21-/m1/s1. The van der Waals surface area contributed by atoms with Gasteiger partial charge in [-0.3, -0.25) is 9.00 Å². The topological polar surface area (TPSA) is 55.4 Å². The van der Waals surface area contributed by atoms with E-state index in [0.717, 1.165) is 0 Å². The summed E-state index contributed by atoms with van der Waals surface area (Å²) in [5.74, 6) is -0.276. The molecule has 21 heavy (non-hydrogen) atoms. The summed E-state index contributed by atoms with van der Waals surface area (Å²) in [5, 5.41) is 2.64. The number of benzene rings is 2. The number of amides is 1. The molecule has 0 aromatic heterocycles. The second-order valence-electron chi connectivity index (χ2n) is 4.22. The molecular weight excluding hydrogens is 293 g/mol. The van der Waals surface area contributed by atoms with Gasteiger partial charge in [0.05, 0.1) is 17.9 Å². The minimum atomic E-state index is -1.50. The van der Waals surface area contributed by atoms with Crippen LogP contribution in [0.15, 0.2) is 53.4 Å². The van der Waals surface area contributed by atoms with Crippen molar-refractivity contribution in [2.45, 2.75) is 4.90 Å². The van der Waals surface area contributed by atoms with Crippen LogP contribution >= 0.6 is 0 Å². The molecule has 1 N–H and O–H groups in total. The Bertz CT molecular complexity index is 641. The summed E-state index contributed by atoms with van der Waals surface area (Å²) < 4.78 is 29.8. The highest BCUT2D eigenvalue weighted by Gasteiger charge is 2.10. The van der Waals surface area contributed by atoms with Crippen molar-refractivity contribution in [2.75, 3.05) is 18.2 Å². The lowest BCUT2D eigenvalue weighted by molar-refractivity contribution is -0.113. The van der Waals surface area contributed by atoms with Crippen molar-refractivity contribution in [3.05, 3.63) is 54.3 Å². The quantitative estimate of drug-likeness (QED) is 0.923. The number of methoxy groups -OCH3 is 1. The Morgan fingerprint density at radius 2 is 1.76 bits per heavy atom. The first kappa shape index (κ1) is 15.2. The number of hydrogen-bond donors (Lipinski definition) is 1. The van der Waals surface area contributed by atoms with Gasteiger partial charge in [-0.25, -0.2) is 4.39 Å². The van der Waals surface area contributed by atoms with Gasteiger partial charge < -0.3 is 10.1 Å². The molecule has 2 aromatic rings. The van der Waals surface area contributed by atoms with Crippen LogP contribution in [0, 0.1) is 5.82 Å². The fourth-order valence-electron chi connectivity index (χ4n) is 1.66.